The van der Waals surface area contributed by atoms with Gasteiger partial charge in [-0.2, -0.15) is 5.10 Å². The summed E-state index contributed by atoms with van der Waals surface area (Å²) in [6.07, 6.45) is 13.2. The summed E-state index contributed by atoms with van der Waals surface area (Å²) in [6.45, 7) is 2.48. The van der Waals surface area contributed by atoms with E-state index in [4.69, 9.17) is 32.2 Å². The first kappa shape index (κ1) is 76.0. The molecule has 2 fully saturated rings. The van der Waals surface area contributed by atoms with Crippen LogP contribution >= 0.6 is 11.6 Å². The fourth-order valence-corrected chi connectivity index (χ4v) is 12.8. The maximum atomic E-state index is 13.7. The molecule has 2 saturated heterocycles. The number of hydrogen-bond acceptors (Lipinski definition) is 14. The van der Waals surface area contributed by atoms with Gasteiger partial charge in [-0.15, -0.1) is 0 Å². The monoisotopic (exact) mass is 1390 g/mol. The second kappa shape index (κ2) is 34.8. The summed E-state index contributed by atoms with van der Waals surface area (Å²) in [5.41, 5.74) is 17.2. The van der Waals surface area contributed by atoms with Gasteiger partial charge in [0.15, 0.2) is 0 Å². The molecule has 2 aliphatic rings. The molecule has 2 aliphatic heterocycles. The molecule has 526 valence electrons. The number of carbonyl (C=O) groups is 4. The van der Waals surface area contributed by atoms with E-state index in [2.05, 4.69) is 48.7 Å². The van der Waals surface area contributed by atoms with Crippen LogP contribution in [0.5, 0.6) is 5.75 Å². The van der Waals surface area contributed by atoms with Crippen molar-refractivity contribution >= 4 is 62.7 Å². The zero-order chi connectivity index (χ0) is 69.0. The normalized spacial score (nSPS) is 13.2. The number of pyridine rings is 1. The molecule has 0 unspecified atom stereocenters. The van der Waals surface area contributed by atoms with E-state index < -0.39 is 18.3 Å². The number of aromatic amines is 1. The second-order valence-corrected chi connectivity index (χ2v) is 25.2. The summed E-state index contributed by atoms with van der Waals surface area (Å²) in [5.74, 6) is -0.314. The maximum Gasteiger partial charge on any atom is 0.294 e. The Kier molecular flexibility index (Phi) is 26.2. The molecular formula is C79H89ClFN13O7. The first-order chi connectivity index (χ1) is 47.5. The standard InChI is InChI=1S/C29H27N5O.C27H30FN3O4.C20H20ClN5O2.3CH4/c1-34-28(35)26(24-12-11-21-9-5-6-10-23(21)18-24)27(22-13-15-31-16-14-22)33-29(34)32-19-25(30)17-20-7-3-2-4-8-20;1-29(2)27(34)25(32)22-16-30(3)23-15-24(35-4)21(14-20(22)23)26(33)31-11-9-18(10-12-31)13-17-5-7-19(28)8-6-17;21-15-3-1-13(2-4-15)19-18(16-5-8-22-12-23-16)20(25-24-19)14-6-9-26(10-7-14)17(28)11-27;;;/h2-16,18,25H,17,19,30H2,1H3,(H,32,33);5-8,14-16,18H,9-13H2,1-4H3;1-5,8,12,14,27H,6-7,9-11H2,(H,24,25);3*1H4/t25-;;;;;/m0...../s1. The molecule has 5 aromatic heterocycles. The largest absolute Gasteiger partial charge is 0.496 e. The Balaban J connectivity index is 0.000000191. The Morgan fingerprint density at radius 3 is 2.03 bits per heavy atom. The highest BCUT2D eigenvalue weighted by Crippen LogP contribution is 2.40. The molecule has 7 heterocycles. The van der Waals surface area contributed by atoms with Gasteiger partial charge < -0.3 is 40.2 Å². The first-order valence-electron chi connectivity index (χ1n) is 32.5. The molecule has 0 aliphatic carbocycles. The van der Waals surface area contributed by atoms with Gasteiger partial charge in [0.1, 0.15) is 30.2 Å². The number of aliphatic hydroxyl groups is 1. The number of rotatable bonds is 17. The van der Waals surface area contributed by atoms with Gasteiger partial charge in [0, 0.05) is 137 Å². The third-order valence-corrected chi connectivity index (χ3v) is 18.3. The fraction of sp³-hybridized carbons (Fsp3) is 0.291. The lowest BCUT2D eigenvalue weighted by Gasteiger charge is -2.32. The third kappa shape index (κ3) is 17.8. The predicted octanol–water partition coefficient (Wildman–Crippen LogP) is 13.1. The summed E-state index contributed by atoms with van der Waals surface area (Å²) >= 11 is 6.04. The minimum absolute atomic E-state index is 0. The van der Waals surface area contributed by atoms with Gasteiger partial charge in [0.25, 0.3) is 23.2 Å². The van der Waals surface area contributed by atoms with Crippen LogP contribution in [-0.2, 0) is 36.5 Å². The van der Waals surface area contributed by atoms with E-state index in [1.54, 1.807) is 69.9 Å². The molecule has 13 rings (SSSR count). The minimum Gasteiger partial charge on any atom is -0.496 e. The smallest absolute Gasteiger partial charge is 0.294 e. The zero-order valence-electron chi connectivity index (χ0n) is 55.2. The van der Waals surface area contributed by atoms with Gasteiger partial charge in [-0.25, -0.2) is 19.3 Å². The van der Waals surface area contributed by atoms with Crippen molar-refractivity contribution in [1.82, 2.24) is 54.0 Å². The average molecular weight is 1390 g/mol. The van der Waals surface area contributed by atoms with Gasteiger partial charge in [-0.3, -0.25) is 38.6 Å². The van der Waals surface area contributed by atoms with Crippen molar-refractivity contribution < 1.29 is 33.4 Å². The number of benzene rings is 6. The van der Waals surface area contributed by atoms with E-state index in [0.717, 1.165) is 94.2 Å². The highest BCUT2D eigenvalue weighted by molar-refractivity contribution is 6.45. The zero-order valence-corrected chi connectivity index (χ0v) is 56.0. The lowest BCUT2D eigenvalue weighted by atomic mass is 9.89. The number of hydrogen-bond donors (Lipinski definition) is 4. The Morgan fingerprint density at radius 1 is 0.733 bits per heavy atom. The number of aromatic nitrogens is 8. The number of amides is 3. The molecule has 0 radical (unpaired) electrons. The molecule has 11 aromatic rings. The summed E-state index contributed by atoms with van der Waals surface area (Å²) in [5, 5.41) is 23.6. The summed E-state index contributed by atoms with van der Waals surface area (Å²) in [6, 6.07) is 47.3. The molecular weight excluding hydrogens is 1300 g/mol. The van der Waals surface area contributed by atoms with Crippen molar-refractivity contribution in [2.45, 2.75) is 72.8 Å². The molecule has 5 N–H and O–H groups in total. The number of carbonyl (C=O) groups excluding carboxylic acids is 4. The van der Waals surface area contributed by atoms with E-state index in [1.807, 2.05) is 109 Å². The lowest BCUT2D eigenvalue weighted by Crippen LogP contribution is -2.39. The summed E-state index contributed by atoms with van der Waals surface area (Å²) in [4.78, 5) is 86.3. The number of ketones is 1. The van der Waals surface area contributed by atoms with Crippen LogP contribution in [0.3, 0.4) is 0 Å². The van der Waals surface area contributed by atoms with E-state index in [0.29, 0.717) is 83.1 Å². The Bertz CT molecular complexity index is 4670. The summed E-state index contributed by atoms with van der Waals surface area (Å²) in [7, 11) is 8.09. The molecule has 101 heavy (non-hydrogen) atoms. The van der Waals surface area contributed by atoms with E-state index in [9.17, 15) is 28.4 Å². The molecule has 0 saturated carbocycles. The molecule has 1 atom stereocenters. The molecule has 0 bridgehead atoms. The number of fused-ring (bicyclic) bond motifs is 2. The lowest BCUT2D eigenvalue weighted by molar-refractivity contribution is -0.135. The number of Topliss-reactive ketones (excluding diaryl/α,β-unsaturated/α-hetero) is 1. The molecule has 20 nitrogen and oxygen atoms in total. The predicted molar refractivity (Wildman–Crippen MR) is 399 cm³/mol. The van der Waals surface area contributed by atoms with Crippen LogP contribution in [0.15, 0.2) is 188 Å². The second-order valence-electron chi connectivity index (χ2n) is 24.7. The number of anilines is 1. The van der Waals surface area contributed by atoms with Crippen molar-refractivity contribution in [3.05, 3.63) is 232 Å². The van der Waals surface area contributed by atoms with E-state index in [-0.39, 0.29) is 63.0 Å². The van der Waals surface area contributed by atoms with Crippen LogP contribution in [0, 0.1) is 11.7 Å². The van der Waals surface area contributed by atoms with Crippen LogP contribution in [0.1, 0.15) is 91.4 Å². The maximum absolute atomic E-state index is 13.7. The fourth-order valence-electron chi connectivity index (χ4n) is 12.7. The molecule has 6 aromatic carbocycles. The van der Waals surface area contributed by atoms with Crippen molar-refractivity contribution in [2.75, 3.05) is 65.9 Å². The van der Waals surface area contributed by atoms with Gasteiger partial charge in [0.05, 0.1) is 40.7 Å². The molecule has 3 amide bonds. The minimum atomic E-state index is -0.621. The van der Waals surface area contributed by atoms with Crippen LogP contribution in [0.4, 0.5) is 10.3 Å². The van der Waals surface area contributed by atoms with E-state index in [1.165, 1.54) is 50.1 Å². The van der Waals surface area contributed by atoms with Gasteiger partial charge in [0.2, 0.25) is 11.9 Å². The number of aryl methyl sites for hydroxylation is 1. The number of likely N-dealkylation sites (tertiary alicyclic amines) is 2. The number of H-pyrrole nitrogens is 1. The van der Waals surface area contributed by atoms with Crippen molar-refractivity contribution in [3.8, 4) is 50.6 Å². The van der Waals surface area contributed by atoms with Gasteiger partial charge in [-0.05, 0) is 127 Å². The number of nitrogens with two attached hydrogens (primary N) is 1. The van der Waals surface area contributed by atoms with Crippen LogP contribution < -0.4 is 21.3 Å². The number of likely N-dealkylation sites (N-methyl/N-ethyl adjacent to an activating group) is 1. The van der Waals surface area contributed by atoms with Crippen LogP contribution in [-0.4, -0.2) is 149 Å². The summed E-state index contributed by atoms with van der Waals surface area (Å²) < 4.78 is 22.0. The number of halogens is 2. The number of nitrogens with one attached hydrogen (secondary N) is 2. The van der Waals surface area contributed by atoms with Gasteiger partial charge in [-0.1, -0.05) is 125 Å². The Hall–Kier alpha value is -10.7. The first-order valence-corrected chi connectivity index (χ1v) is 32.8. The van der Waals surface area contributed by atoms with Crippen molar-refractivity contribution in [3.63, 3.8) is 0 Å². The van der Waals surface area contributed by atoms with Crippen molar-refractivity contribution in [1.29, 1.82) is 0 Å². The number of nitrogens with zero attached hydrogens (tertiary/aromatic N) is 10. The third-order valence-electron chi connectivity index (χ3n) is 18.0. The number of ether oxygens (including phenoxy) is 1. The van der Waals surface area contributed by atoms with Crippen molar-refractivity contribution in [2.24, 2.45) is 25.7 Å². The Morgan fingerprint density at radius 2 is 1.38 bits per heavy atom. The number of methoxy groups -OCH3 is 1. The quantitative estimate of drug-likeness (QED) is 0.0489. The number of aliphatic hydroxyl groups excluding tert-OH is 1. The SMILES string of the molecule is C.C.C.COc1cc2c(cc1C(=O)N1CCC(Cc3ccc(F)cc3)CC1)c(C(=O)C(=O)N(C)C)cn2C.Cn1c(NC[C@@H](N)Cc2ccccc2)nc(-c2ccncc2)c(-c2ccc3ccccc3c2)c1=O.O=C(CO)N1CCC(c2[nH]nc(-c3ccc(Cl)cc3)c2-c2ccncn2)CC1. The van der Waals surface area contributed by atoms with Gasteiger partial charge >= 0.3 is 0 Å². The number of piperidine rings is 2. The Labute approximate surface area is 594 Å². The molecule has 22 heteroatoms. The van der Waals surface area contributed by atoms with Crippen LogP contribution in [0.25, 0.3) is 66.6 Å². The van der Waals surface area contributed by atoms with E-state index >= 15 is 0 Å². The average Bonchev–Trinajstić information content (AvgIpc) is 1.53. The highest BCUT2D eigenvalue weighted by atomic mass is 35.5. The van der Waals surface area contributed by atoms with Crippen LogP contribution in [0.2, 0.25) is 5.02 Å². The highest BCUT2D eigenvalue weighted by Gasteiger charge is 2.31. The topological polar surface area (TPSA) is 253 Å². The molecule has 0 spiro atoms.